The van der Waals surface area contributed by atoms with Crippen molar-refractivity contribution in [3.63, 3.8) is 0 Å². The van der Waals surface area contributed by atoms with E-state index in [9.17, 15) is 4.39 Å². The Bertz CT molecular complexity index is 539. The van der Waals surface area contributed by atoms with Crippen LogP contribution in [0, 0.1) is 5.82 Å². The molecule has 0 radical (unpaired) electrons. The second-order valence-corrected chi connectivity index (χ2v) is 4.46. The van der Waals surface area contributed by atoms with Gasteiger partial charge < -0.3 is 14.6 Å². The molecule has 0 saturated heterocycles. The summed E-state index contributed by atoms with van der Waals surface area (Å²) >= 11 is 0. The molecule has 1 aromatic heterocycles. The van der Waals surface area contributed by atoms with E-state index in [1.165, 1.54) is 6.07 Å². The Hall–Kier alpha value is -1.46. The average molecular weight is 265 g/mol. The molecule has 4 nitrogen and oxygen atoms in total. The first kappa shape index (κ1) is 14.0. The van der Waals surface area contributed by atoms with Gasteiger partial charge >= 0.3 is 0 Å². The molecule has 104 valence electrons. The van der Waals surface area contributed by atoms with Gasteiger partial charge in [0.1, 0.15) is 11.3 Å². The fourth-order valence-electron chi connectivity index (χ4n) is 2.14. The van der Waals surface area contributed by atoms with Gasteiger partial charge in [-0.2, -0.15) is 0 Å². The van der Waals surface area contributed by atoms with Crippen LogP contribution in [0.4, 0.5) is 4.39 Å². The molecule has 19 heavy (non-hydrogen) atoms. The first-order chi connectivity index (χ1) is 9.27. The summed E-state index contributed by atoms with van der Waals surface area (Å²) in [5, 5.41) is 3.25. The molecule has 0 spiro atoms. The summed E-state index contributed by atoms with van der Waals surface area (Å²) in [6.45, 7) is 4.99. The van der Waals surface area contributed by atoms with Crippen LogP contribution in [0.5, 0.6) is 0 Å². The van der Waals surface area contributed by atoms with Crippen molar-refractivity contribution in [2.75, 3.05) is 20.3 Å². The van der Waals surface area contributed by atoms with Crippen LogP contribution in [0.15, 0.2) is 18.2 Å². The molecular weight excluding hydrogens is 245 g/mol. The zero-order valence-corrected chi connectivity index (χ0v) is 11.4. The SMILES string of the molecule is CCCn1c(CNCCOC)nc2c(F)cccc21. The van der Waals surface area contributed by atoms with Crippen LogP contribution < -0.4 is 5.32 Å². The molecule has 1 heterocycles. The van der Waals surface area contributed by atoms with E-state index in [-0.39, 0.29) is 5.82 Å². The average Bonchev–Trinajstić information content (AvgIpc) is 2.76. The van der Waals surface area contributed by atoms with Crippen molar-refractivity contribution in [2.24, 2.45) is 0 Å². The summed E-state index contributed by atoms with van der Waals surface area (Å²) in [5.41, 5.74) is 1.32. The number of nitrogens with one attached hydrogen (secondary N) is 1. The van der Waals surface area contributed by atoms with Gasteiger partial charge in [0, 0.05) is 20.2 Å². The third kappa shape index (κ3) is 3.11. The van der Waals surface area contributed by atoms with Crippen molar-refractivity contribution in [1.82, 2.24) is 14.9 Å². The Labute approximate surface area is 112 Å². The number of methoxy groups -OCH3 is 1. The van der Waals surface area contributed by atoms with Crippen molar-refractivity contribution in [1.29, 1.82) is 0 Å². The molecule has 0 atom stereocenters. The summed E-state index contributed by atoms with van der Waals surface area (Å²) < 4.78 is 20.8. The van der Waals surface area contributed by atoms with Gasteiger partial charge in [0.05, 0.1) is 18.7 Å². The van der Waals surface area contributed by atoms with Gasteiger partial charge in [0.25, 0.3) is 0 Å². The van der Waals surface area contributed by atoms with E-state index in [1.807, 2.05) is 6.07 Å². The Balaban J connectivity index is 2.25. The molecule has 0 aliphatic carbocycles. The first-order valence-electron chi connectivity index (χ1n) is 6.61. The van der Waals surface area contributed by atoms with Gasteiger partial charge in [-0.15, -0.1) is 0 Å². The number of para-hydroxylation sites is 1. The lowest BCUT2D eigenvalue weighted by Crippen LogP contribution is -2.21. The van der Waals surface area contributed by atoms with E-state index in [1.54, 1.807) is 13.2 Å². The zero-order chi connectivity index (χ0) is 13.7. The minimum absolute atomic E-state index is 0.259. The number of hydrogen-bond donors (Lipinski definition) is 1. The van der Waals surface area contributed by atoms with Gasteiger partial charge in [-0.05, 0) is 18.6 Å². The number of aryl methyl sites for hydroxylation is 1. The van der Waals surface area contributed by atoms with Crippen LogP contribution in [-0.2, 0) is 17.8 Å². The van der Waals surface area contributed by atoms with Crippen molar-refractivity contribution >= 4 is 11.0 Å². The molecule has 2 aromatic rings. The molecule has 1 aromatic carbocycles. The number of hydrogen-bond acceptors (Lipinski definition) is 3. The van der Waals surface area contributed by atoms with E-state index in [4.69, 9.17) is 4.74 Å². The first-order valence-corrected chi connectivity index (χ1v) is 6.61. The highest BCUT2D eigenvalue weighted by Gasteiger charge is 2.12. The summed E-state index contributed by atoms with van der Waals surface area (Å²) in [7, 11) is 1.67. The minimum atomic E-state index is -0.259. The predicted molar refractivity (Wildman–Crippen MR) is 73.6 cm³/mol. The van der Waals surface area contributed by atoms with Crippen molar-refractivity contribution in [3.8, 4) is 0 Å². The van der Waals surface area contributed by atoms with Gasteiger partial charge in [-0.3, -0.25) is 0 Å². The monoisotopic (exact) mass is 265 g/mol. The number of halogens is 1. The molecule has 0 unspecified atom stereocenters. The Morgan fingerprint density at radius 1 is 1.42 bits per heavy atom. The summed E-state index contributed by atoms with van der Waals surface area (Å²) in [6.07, 6.45) is 0.993. The van der Waals surface area contributed by atoms with E-state index < -0.39 is 0 Å². The summed E-state index contributed by atoms with van der Waals surface area (Å²) in [4.78, 5) is 4.41. The highest BCUT2D eigenvalue weighted by atomic mass is 19.1. The number of rotatable bonds is 7. The van der Waals surface area contributed by atoms with Crippen LogP contribution in [0.2, 0.25) is 0 Å². The quantitative estimate of drug-likeness (QED) is 0.781. The van der Waals surface area contributed by atoms with E-state index in [0.717, 1.165) is 30.9 Å². The highest BCUT2D eigenvalue weighted by molar-refractivity contribution is 5.76. The maximum absolute atomic E-state index is 13.7. The predicted octanol–water partition coefficient (Wildman–Crippen LogP) is 2.32. The molecule has 5 heteroatoms. The number of imidazole rings is 1. The minimum Gasteiger partial charge on any atom is -0.383 e. The Morgan fingerprint density at radius 2 is 2.26 bits per heavy atom. The smallest absolute Gasteiger partial charge is 0.151 e. The molecule has 2 rings (SSSR count). The van der Waals surface area contributed by atoms with Crippen molar-refractivity contribution in [3.05, 3.63) is 29.8 Å². The van der Waals surface area contributed by atoms with E-state index >= 15 is 0 Å². The van der Waals surface area contributed by atoms with Gasteiger partial charge in [-0.1, -0.05) is 13.0 Å². The maximum Gasteiger partial charge on any atom is 0.151 e. The third-order valence-corrected chi connectivity index (χ3v) is 3.02. The maximum atomic E-state index is 13.7. The number of benzene rings is 1. The van der Waals surface area contributed by atoms with E-state index in [0.29, 0.717) is 18.7 Å². The van der Waals surface area contributed by atoms with Gasteiger partial charge in [0.15, 0.2) is 5.82 Å². The fourth-order valence-corrected chi connectivity index (χ4v) is 2.14. The molecule has 0 bridgehead atoms. The molecule has 0 aliphatic rings. The number of nitrogens with zero attached hydrogens (tertiary/aromatic N) is 2. The van der Waals surface area contributed by atoms with Crippen LogP contribution in [0.25, 0.3) is 11.0 Å². The second kappa shape index (κ2) is 6.63. The largest absolute Gasteiger partial charge is 0.383 e. The highest BCUT2D eigenvalue weighted by Crippen LogP contribution is 2.19. The van der Waals surface area contributed by atoms with Crippen LogP contribution in [0.1, 0.15) is 19.2 Å². The molecule has 1 N–H and O–H groups in total. The fraction of sp³-hybridized carbons (Fsp3) is 0.500. The number of fused-ring (bicyclic) bond motifs is 1. The topological polar surface area (TPSA) is 39.1 Å². The number of aromatic nitrogens is 2. The van der Waals surface area contributed by atoms with Crippen molar-refractivity contribution in [2.45, 2.75) is 26.4 Å². The van der Waals surface area contributed by atoms with Gasteiger partial charge in [-0.25, -0.2) is 9.37 Å². The van der Waals surface area contributed by atoms with Crippen LogP contribution in [0.3, 0.4) is 0 Å². The van der Waals surface area contributed by atoms with Crippen LogP contribution in [-0.4, -0.2) is 29.8 Å². The standard InChI is InChI=1S/C14H20FN3O/c1-3-8-18-12-6-4-5-11(15)14(12)17-13(18)10-16-7-9-19-2/h4-6,16H,3,7-10H2,1-2H3. The van der Waals surface area contributed by atoms with Gasteiger partial charge in [0.2, 0.25) is 0 Å². The van der Waals surface area contributed by atoms with Crippen LogP contribution >= 0.6 is 0 Å². The molecule has 0 aliphatic heterocycles. The normalized spacial score (nSPS) is 11.3. The summed E-state index contributed by atoms with van der Waals surface area (Å²) in [6, 6.07) is 5.10. The molecule has 0 amide bonds. The Kier molecular flexibility index (Phi) is 4.87. The second-order valence-electron chi connectivity index (χ2n) is 4.46. The lowest BCUT2D eigenvalue weighted by molar-refractivity contribution is 0.199. The molecular formula is C14H20FN3O. The summed E-state index contributed by atoms with van der Waals surface area (Å²) in [5.74, 6) is 0.614. The molecule has 0 fully saturated rings. The van der Waals surface area contributed by atoms with E-state index in [2.05, 4.69) is 21.8 Å². The number of ether oxygens (including phenoxy) is 1. The molecule has 0 saturated carbocycles. The zero-order valence-electron chi connectivity index (χ0n) is 11.4. The third-order valence-electron chi connectivity index (χ3n) is 3.02. The Morgan fingerprint density at radius 3 is 3.00 bits per heavy atom. The lowest BCUT2D eigenvalue weighted by Gasteiger charge is -2.08. The van der Waals surface area contributed by atoms with Crippen molar-refractivity contribution < 1.29 is 9.13 Å². The lowest BCUT2D eigenvalue weighted by atomic mass is 10.3.